The van der Waals surface area contributed by atoms with Crippen LogP contribution in [0.2, 0.25) is 5.02 Å². The zero-order valence-electron chi connectivity index (χ0n) is 24.6. The number of halogens is 4. The number of nitrogens with zero attached hydrogens (tertiary/aromatic N) is 3. The Kier molecular flexibility index (Phi) is 9.95. The van der Waals surface area contributed by atoms with E-state index in [9.17, 15) is 18.4 Å². The number of carbonyl (C=O) groups excluding carboxylic acids is 2. The Morgan fingerprint density at radius 3 is 2.68 bits per heavy atom. The average molecular weight is 630 g/mol. The lowest BCUT2D eigenvalue weighted by atomic mass is 9.97. The topological polar surface area (TPSA) is 86.8 Å². The van der Waals surface area contributed by atoms with Gasteiger partial charge in [0.15, 0.2) is 0 Å². The fraction of sp³-hybridized carbons (Fsp3) is 0.406. The van der Waals surface area contributed by atoms with Crippen LogP contribution in [0, 0.1) is 5.82 Å². The van der Waals surface area contributed by atoms with Crippen LogP contribution < -0.4 is 20.3 Å². The SMILES string of the molecule is CCOc1ncccc1-c1ccc(N2CCN(C(=O)c3ccc(Cl)cc3C(F)F)C[C@H]2CC)c(C(=O)N[C@@H]2CCNC2)c1F. The minimum Gasteiger partial charge on any atom is -0.478 e. The third kappa shape index (κ3) is 6.49. The normalized spacial score (nSPS) is 18.5. The van der Waals surface area contributed by atoms with E-state index in [1.165, 1.54) is 17.0 Å². The third-order valence-corrected chi connectivity index (χ3v) is 8.35. The number of rotatable bonds is 9. The lowest BCUT2D eigenvalue weighted by molar-refractivity contribution is 0.0708. The fourth-order valence-corrected chi connectivity index (χ4v) is 6.08. The van der Waals surface area contributed by atoms with E-state index in [-0.39, 0.29) is 59.3 Å². The summed E-state index contributed by atoms with van der Waals surface area (Å²) in [5.74, 6) is -1.50. The number of carbonyl (C=O) groups is 2. The van der Waals surface area contributed by atoms with Crippen molar-refractivity contribution in [2.45, 2.75) is 45.2 Å². The molecule has 44 heavy (non-hydrogen) atoms. The minimum absolute atomic E-state index is 0.100. The lowest BCUT2D eigenvalue weighted by Crippen LogP contribution is -2.55. The van der Waals surface area contributed by atoms with E-state index in [0.717, 1.165) is 19.0 Å². The molecule has 0 unspecified atom stereocenters. The van der Waals surface area contributed by atoms with Gasteiger partial charge in [-0.05, 0) is 68.8 Å². The van der Waals surface area contributed by atoms with Gasteiger partial charge in [-0.25, -0.2) is 18.2 Å². The molecule has 8 nitrogen and oxygen atoms in total. The van der Waals surface area contributed by atoms with Crippen molar-refractivity contribution in [3.63, 3.8) is 0 Å². The molecule has 2 amide bonds. The number of amides is 2. The molecule has 5 rings (SSSR count). The van der Waals surface area contributed by atoms with Gasteiger partial charge in [0.2, 0.25) is 5.88 Å². The Morgan fingerprint density at radius 2 is 1.98 bits per heavy atom. The van der Waals surface area contributed by atoms with Gasteiger partial charge in [0, 0.05) is 71.7 Å². The Balaban J connectivity index is 1.50. The van der Waals surface area contributed by atoms with Gasteiger partial charge in [-0.2, -0.15) is 0 Å². The first kappa shape index (κ1) is 31.6. The molecule has 2 N–H and O–H groups in total. The summed E-state index contributed by atoms with van der Waals surface area (Å²) in [7, 11) is 0. The summed E-state index contributed by atoms with van der Waals surface area (Å²) < 4.78 is 49.8. The van der Waals surface area contributed by atoms with E-state index in [1.54, 1.807) is 30.5 Å². The number of pyridine rings is 1. The van der Waals surface area contributed by atoms with E-state index < -0.39 is 29.6 Å². The van der Waals surface area contributed by atoms with Crippen molar-refractivity contribution in [3.05, 3.63) is 76.2 Å². The van der Waals surface area contributed by atoms with Crippen molar-refractivity contribution in [1.82, 2.24) is 20.5 Å². The zero-order chi connectivity index (χ0) is 31.4. The van der Waals surface area contributed by atoms with Crippen LogP contribution in [-0.4, -0.2) is 73.1 Å². The van der Waals surface area contributed by atoms with Gasteiger partial charge in [-0.1, -0.05) is 18.5 Å². The summed E-state index contributed by atoms with van der Waals surface area (Å²) in [6.07, 6.45) is -0.0253. The Hall–Kier alpha value is -3.83. The van der Waals surface area contributed by atoms with Crippen molar-refractivity contribution in [2.24, 2.45) is 0 Å². The summed E-state index contributed by atoms with van der Waals surface area (Å²) >= 11 is 5.92. The van der Waals surface area contributed by atoms with Crippen LogP contribution in [0.25, 0.3) is 11.1 Å². The third-order valence-electron chi connectivity index (χ3n) is 8.11. The van der Waals surface area contributed by atoms with Gasteiger partial charge in [0.1, 0.15) is 5.82 Å². The first-order valence-electron chi connectivity index (χ1n) is 14.8. The average Bonchev–Trinajstić information content (AvgIpc) is 3.53. The van der Waals surface area contributed by atoms with Gasteiger partial charge in [-0.15, -0.1) is 0 Å². The Bertz CT molecular complexity index is 1520. The number of alkyl halides is 2. The summed E-state index contributed by atoms with van der Waals surface area (Å²) in [6, 6.07) is 10.1. The smallest absolute Gasteiger partial charge is 0.264 e. The molecule has 2 aromatic carbocycles. The second kappa shape index (κ2) is 13.9. The van der Waals surface area contributed by atoms with Crippen molar-refractivity contribution in [1.29, 1.82) is 0 Å². The highest BCUT2D eigenvalue weighted by atomic mass is 35.5. The highest BCUT2D eigenvalue weighted by Crippen LogP contribution is 2.37. The highest BCUT2D eigenvalue weighted by molar-refractivity contribution is 6.30. The fourth-order valence-electron chi connectivity index (χ4n) is 5.90. The van der Waals surface area contributed by atoms with Crippen molar-refractivity contribution < 1.29 is 27.5 Å². The van der Waals surface area contributed by atoms with E-state index in [4.69, 9.17) is 16.3 Å². The Labute approximate surface area is 259 Å². The molecule has 0 radical (unpaired) electrons. The van der Waals surface area contributed by atoms with E-state index >= 15 is 4.39 Å². The molecule has 3 heterocycles. The maximum Gasteiger partial charge on any atom is 0.264 e. The van der Waals surface area contributed by atoms with Gasteiger partial charge in [-0.3, -0.25) is 9.59 Å². The van der Waals surface area contributed by atoms with E-state index in [2.05, 4.69) is 15.6 Å². The molecule has 2 aliphatic rings. The molecular weight excluding hydrogens is 595 g/mol. The summed E-state index contributed by atoms with van der Waals surface area (Å²) in [4.78, 5) is 34.9. The van der Waals surface area contributed by atoms with Crippen LogP contribution in [0.3, 0.4) is 0 Å². The van der Waals surface area contributed by atoms with Crippen LogP contribution >= 0.6 is 11.6 Å². The molecule has 0 spiro atoms. The van der Waals surface area contributed by atoms with Crippen LogP contribution in [0.5, 0.6) is 5.88 Å². The predicted octanol–water partition coefficient (Wildman–Crippen LogP) is 5.71. The monoisotopic (exact) mass is 629 g/mol. The molecule has 234 valence electrons. The molecule has 2 fully saturated rings. The second-order valence-electron chi connectivity index (χ2n) is 10.8. The molecule has 2 atom stereocenters. The van der Waals surface area contributed by atoms with Crippen LogP contribution in [0.1, 0.15) is 59.4 Å². The first-order chi connectivity index (χ1) is 21.2. The molecule has 3 aromatic rings. The molecule has 2 aliphatic heterocycles. The lowest BCUT2D eigenvalue weighted by Gasteiger charge is -2.43. The molecule has 0 bridgehead atoms. The molecular formula is C32H35ClF3N5O3. The number of nitrogens with one attached hydrogen (secondary N) is 2. The summed E-state index contributed by atoms with van der Waals surface area (Å²) in [6.45, 7) is 6.07. The summed E-state index contributed by atoms with van der Waals surface area (Å²) in [5.41, 5.74) is 0.388. The predicted molar refractivity (Wildman–Crippen MR) is 163 cm³/mol. The Morgan fingerprint density at radius 1 is 1.16 bits per heavy atom. The van der Waals surface area contributed by atoms with Crippen LogP contribution in [-0.2, 0) is 0 Å². The number of hydrogen-bond donors (Lipinski definition) is 2. The largest absolute Gasteiger partial charge is 0.478 e. The standard InChI is InChI=1S/C32H35ClF3N5O3/c1-3-21-18-40(32(43)24-8-7-19(33)16-25(24)29(35)36)14-15-41(21)26-10-9-22(23-6-5-12-38-31(23)44-4-2)28(34)27(26)30(42)39-20-11-13-37-17-20/h5-10,12,16,20-21,29,37H,3-4,11,13-15,17-18H2,1-2H3,(H,39,42)/t20-,21-/m1/s1. The van der Waals surface area contributed by atoms with Crippen LogP contribution in [0.4, 0.5) is 18.9 Å². The van der Waals surface area contributed by atoms with E-state index in [0.29, 0.717) is 30.8 Å². The maximum atomic E-state index is 16.6. The number of aromatic nitrogens is 1. The maximum absolute atomic E-state index is 16.6. The molecule has 0 saturated carbocycles. The number of anilines is 1. The van der Waals surface area contributed by atoms with Crippen LogP contribution in [0.15, 0.2) is 48.7 Å². The van der Waals surface area contributed by atoms with E-state index in [1.807, 2.05) is 18.7 Å². The zero-order valence-corrected chi connectivity index (χ0v) is 25.3. The molecule has 2 saturated heterocycles. The minimum atomic E-state index is -2.86. The first-order valence-corrected chi connectivity index (χ1v) is 15.2. The van der Waals surface area contributed by atoms with Gasteiger partial charge >= 0.3 is 0 Å². The second-order valence-corrected chi connectivity index (χ2v) is 11.2. The van der Waals surface area contributed by atoms with Gasteiger partial charge in [0.05, 0.1) is 17.9 Å². The number of hydrogen-bond acceptors (Lipinski definition) is 6. The van der Waals surface area contributed by atoms with Crippen molar-refractivity contribution in [3.8, 4) is 17.0 Å². The molecule has 1 aromatic heterocycles. The quantitative estimate of drug-likeness (QED) is 0.315. The highest BCUT2D eigenvalue weighted by Gasteiger charge is 2.35. The van der Waals surface area contributed by atoms with Crippen molar-refractivity contribution in [2.75, 3.05) is 44.2 Å². The number of benzene rings is 2. The van der Waals surface area contributed by atoms with Crippen molar-refractivity contribution >= 4 is 29.1 Å². The van der Waals surface area contributed by atoms with Gasteiger partial charge in [0.25, 0.3) is 18.2 Å². The molecule has 0 aliphatic carbocycles. The molecule has 12 heteroatoms. The number of piperazine rings is 1. The summed E-state index contributed by atoms with van der Waals surface area (Å²) in [5, 5.41) is 6.30. The van der Waals surface area contributed by atoms with Gasteiger partial charge < -0.3 is 25.2 Å². The number of ether oxygens (including phenoxy) is 1.